The summed E-state index contributed by atoms with van der Waals surface area (Å²) in [7, 11) is 0. The minimum Gasteiger partial charge on any atom is -0.444 e. The lowest BCUT2D eigenvalue weighted by molar-refractivity contribution is 0.0223. The lowest BCUT2D eigenvalue weighted by Gasteiger charge is -2.31. The van der Waals surface area contributed by atoms with Crippen LogP contribution in [0.3, 0.4) is 0 Å². The second-order valence-corrected chi connectivity index (χ2v) is 10.0. The summed E-state index contributed by atoms with van der Waals surface area (Å²) in [5.74, 6) is 0. The molecule has 0 fully saturated rings. The first-order valence-corrected chi connectivity index (χ1v) is 11.5. The molecule has 0 saturated carbocycles. The molecule has 1 amide bonds. The Morgan fingerprint density at radius 2 is 1.62 bits per heavy atom. The van der Waals surface area contributed by atoms with Crippen LogP contribution in [0.5, 0.6) is 0 Å². The molecular formula is C23H28Br2N2O2. The Labute approximate surface area is 190 Å². The van der Waals surface area contributed by atoms with E-state index in [1.807, 2.05) is 32.9 Å². The van der Waals surface area contributed by atoms with Crippen molar-refractivity contribution in [1.82, 2.24) is 10.2 Å². The van der Waals surface area contributed by atoms with Crippen molar-refractivity contribution < 1.29 is 9.53 Å². The summed E-state index contributed by atoms with van der Waals surface area (Å²) < 4.78 is 7.71. The molecule has 0 aromatic heterocycles. The van der Waals surface area contributed by atoms with Gasteiger partial charge in [-0.15, -0.1) is 0 Å². The zero-order valence-electron chi connectivity index (χ0n) is 17.2. The predicted molar refractivity (Wildman–Crippen MR) is 124 cm³/mol. The molecule has 4 rings (SSSR count). The number of benzene rings is 2. The Kier molecular flexibility index (Phi) is 7.41. The molecule has 2 aliphatic heterocycles. The van der Waals surface area contributed by atoms with E-state index in [0.29, 0.717) is 6.54 Å². The smallest absolute Gasteiger partial charge is 0.410 e. The molecule has 6 heteroatoms. The van der Waals surface area contributed by atoms with Gasteiger partial charge in [-0.25, -0.2) is 4.79 Å². The number of hydrogen-bond acceptors (Lipinski definition) is 3. The van der Waals surface area contributed by atoms with Crippen molar-refractivity contribution in [1.29, 1.82) is 0 Å². The van der Waals surface area contributed by atoms with Crippen molar-refractivity contribution >= 4 is 38.0 Å². The highest BCUT2D eigenvalue weighted by Crippen LogP contribution is 2.27. The monoisotopic (exact) mass is 522 g/mol. The maximum atomic E-state index is 12.0. The van der Waals surface area contributed by atoms with Gasteiger partial charge in [-0.1, -0.05) is 56.1 Å². The maximum Gasteiger partial charge on any atom is 0.410 e. The van der Waals surface area contributed by atoms with Crippen molar-refractivity contribution in [2.45, 2.75) is 52.3 Å². The van der Waals surface area contributed by atoms with Crippen LogP contribution >= 0.6 is 31.9 Å². The van der Waals surface area contributed by atoms with Crippen LogP contribution in [0.4, 0.5) is 4.79 Å². The third-order valence-corrected chi connectivity index (χ3v) is 6.44. The number of carbonyl (C=O) groups excluding carboxylic acids is 1. The summed E-state index contributed by atoms with van der Waals surface area (Å²) in [5, 5.41) is 3.35. The highest BCUT2D eigenvalue weighted by molar-refractivity contribution is 9.10. The first kappa shape index (κ1) is 22.3. The molecule has 0 bridgehead atoms. The number of fused-ring (bicyclic) bond motifs is 2. The largest absolute Gasteiger partial charge is 0.444 e. The van der Waals surface area contributed by atoms with Gasteiger partial charge in [0.1, 0.15) is 5.60 Å². The third-order valence-electron chi connectivity index (χ3n) is 4.96. The van der Waals surface area contributed by atoms with Gasteiger partial charge in [-0.3, -0.25) is 0 Å². The number of ether oxygens (including phenoxy) is 1. The average Bonchev–Trinajstić information content (AvgIpc) is 2.68. The third kappa shape index (κ3) is 6.06. The van der Waals surface area contributed by atoms with Crippen LogP contribution in [0.2, 0.25) is 0 Å². The predicted octanol–water partition coefficient (Wildman–Crippen LogP) is 5.84. The fourth-order valence-corrected chi connectivity index (χ4v) is 4.57. The van der Waals surface area contributed by atoms with Crippen LogP contribution in [0.15, 0.2) is 45.3 Å². The maximum absolute atomic E-state index is 12.0. The van der Waals surface area contributed by atoms with Crippen LogP contribution in [-0.2, 0) is 30.7 Å². The van der Waals surface area contributed by atoms with E-state index >= 15 is 0 Å². The zero-order chi connectivity index (χ0) is 21.0. The molecule has 0 saturated heterocycles. The Morgan fingerprint density at radius 3 is 2.24 bits per heavy atom. The fraction of sp³-hybridized carbons (Fsp3) is 0.435. The van der Waals surface area contributed by atoms with Gasteiger partial charge in [0.15, 0.2) is 0 Å². The molecule has 156 valence electrons. The minimum absolute atomic E-state index is 0.232. The van der Waals surface area contributed by atoms with Gasteiger partial charge in [0, 0.05) is 22.0 Å². The van der Waals surface area contributed by atoms with E-state index < -0.39 is 5.60 Å². The minimum atomic E-state index is -0.439. The van der Waals surface area contributed by atoms with Crippen molar-refractivity contribution in [2.75, 3.05) is 13.1 Å². The molecule has 2 aromatic rings. The quantitative estimate of drug-likeness (QED) is 0.471. The average molecular weight is 524 g/mol. The molecule has 1 N–H and O–H groups in total. The number of hydrogen-bond donors (Lipinski definition) is 1. The fourth-order valence-electron chi connectivity index (χ4n) is 3.49. The number of nitrogens with one attached hydrogen (secondary N) is 1. The lowest BCUT2D eigenvalue weighted by Crippen LogP contribution is -2.40. The van der Waals surface area contributed by atoms with Crippen molar-refractivity contribution in [3.63, 3.8) is 0 Å². The molecule has 0 aliphatic carbocycles. The molecule has 2 aliphatic rings. The lowest BCUT2D eigenvalue weighted by atomic mass is 10.0. The summed E-state index contributed by atoms with van der Waals surface area (Å²) in [4.78, 5) is 13.8. The normalized spacial score (nSPS) is 15.6. The molecule has 0 unspecified atom stereocenters. The van der Waals surface area contributed by atoms with Gasteiger partial charge in [0.25, 0.3) is 0 Å². The van der Waals surface area contributed by atoms with Gasteiger partial charge in [-0.2, -0.15) is 0 Å². The van der Waals surface area contributed by atoms with Crippen molar-refractivity contribution in [3.8, 4) is 0 Å². The van der Waals surface area contributed by atoms with Crippen molar-refractivity contribution in [3.05, 3.63) is 67.6 Å². The number of nitrogens with zero attached hydrogens (tertiary/aromatic N) is 1. The van der Waals surface area contributed by atoms with Crippen LogP contribution in [0, 0.1) is 0 Å². The van der Waals surface area contributed by atoms with E-state index in [4.69, 9.17) is 4.74 Å². The van der Waals surface area contributed by atoms with Gasteiger partial charge >= 0.3 is 6.09 Å². The molecule has 0 radical (unpaired) electrons. The van der Waals surface area contributed by atoms with Gasteiger partial charge in [-0.05, 0) is 74.5 Å². The highest BCUT2D eigenvalue weighted by atomic mass is 79.9. The van der Waals surface area contributed by atoms with E-state index in [-0.39, 0.29) is 6.09 Å². The van der Waals surface area contributed by atoms with Crippen LogP contribution < -0.4 is 5.32 Å². The van der Waals surface area contributed by atoms with E-state index in [2.05, 4.69) is 61.4 Å². The SMILES string of the molecule is Brc1cccc2c1CNCC2.CC(C)(C)OC(=O)N1CCc2cccc(Br)c2C1. The standard InChI is InChI=1S/C14H18BrNO2.C9H10BrN/c1-14(2,3)18-13(17)16-8-7-10-5-4-6-12(15)11(10)9-16;10-9-3-1-2-7-4-5-11-6-8(7)9/h4-6H,7-9H2,1-3H3;1-3,11H,4-6H2. The number of halogens is 2. The van der Waals surface area contributed by atoms with E-state index in [9.17, 15) is 4.79 Å². The Morgan fingerprint density at radius 1 is 1.00 bits per heavy atom. The topological polar surface area (TPSA) is 41.6 Å². The van der Waals surface area contributed by atoms with E-state index in [1.165, 1.54) is 26.7 Å². The van der Waals surface area contributed by atoms with Gasteiger partial charge in [0.05, 0.1) is 6.54 Å². The highest BCUT2D eigenvalue weighted by Gasteiger charge is 2.26. The van der Waals surface area contributed by atoms with Crippen molar-refractivity contribution in [2.24, 2.45) is 0 Å². The van der Waals surface area contributed by atoms with Crippen LogP contribution in [0.1, 0.15) is 43.0 Å². The zero-order valence-corrected chi connectivity index (χ0v) is 20.4. The Balaban J connectivity index is 0.000000186. The molecule has 2 heterocycles. The number of amides is 1. The van der Waals surface area contributed by atoms with E-state index in [1.54, 1.807) is 4.90 Å². The Bertz CT molecular complexity index is 878. The number of carbonyl (C=O) groups is 1. The first-order valence-electron chi connectivity index (χ1n) is 9.96. The molecule has 4 nitrogen and oxygen atoms in total. The summed E-state index contributed by atoms with van der Waals surface area (Å²) in [6.07, 6.45) is 1.81. The molecule has 2 aromatic carbocycles. The second kappa shape index (κ2) is 9.63. The summed E-state index contributed by atoms with van der Waals surface area (Å²) >= 11 is 7.08. The number of rotatable bonds is 0. The summed E-state index contributed by atoms with van der Waals surface area (Å²) in [6, 6.07) is 12.6. The Hall–Kier alpha value is -1.37. The van der Waals surface area contributed by atoms with E-state index in [0.717, 1.165) is 36.9 Å². The second-order valence-electron chi connectivity index (χ2n) is 8.33. The molecule has 0 spiro atoms. The summed E-state index contributed by atoms with van der Waals surface area (Å²) in [6.45, 7) is 9.13. The molecular weight excluding hydrogens is 496 g/mol. The van der Waals surface area contributed by atoms with Gasteiger partial charge < -0.3 is 15.0 Å². The van der Waals surface area contributed by atoms with Crippen LogP contribution in [0.25, 0.3) is 0 Å². The molecule has 29 heavy (non-hydrogen) atoms. The van der Waals surface area contributed by atoms with Gasteiger partial charge in [0.2, 0.25) is 0 Å². The first-order chi connectivity index (χ1) is 13.7. The van der Waals surface area contributed by atoms with Crippen LogP contribution in [-0.4, -0.2) is 29.7 Å². The summed E-state index contributed by atoms with van der Waals surface area (Å²) in [5.41, 5.74) is 4.97. The molecule has 0 atom stereocenters.